The zero-order chi connectivity index (χ0) is 19.4. The van der Waals surface area contributed by atoms with Crippen LogP contribution in [0.3, 0.4) is 0 Å². The summed E-state index contributed by atoms with van der Waals surface area (Å²) >= 11 is 0. The molecular weight excluding hydrogens is 359 g/mol. The molecule has 0 bridgehead atoms. The number of methoxy groups -OCH3 is 1. The van der Waals surface area contributed by atoms with E-state index in [1.54, 1.807) is 38.3 Å². The van der Waals surface area contributed by atoms with Gasteiger partial charge in [-0.25, -0.2) is 9.36 Å². The molecule has 0 aliphatic heterocycles. The predicted octanol–water partition coefficient (Wildman–Crippen LogP) is 4.05. The van der Waals surface area contributed by atoms with Crippen LogP contribution < -0.4 is 4.74 Å². The van der Waals surface area contributed by atoms with Crippen LogP contribution in [-0.2, 0) is 34.3 Å². The first-order valence-corrected chi connectivity index (χ1v) is 9.53. The van der Waals surface area contributed by atoms with E-state index in [-0.39, 0.29) is 26.2 Å². The molecule has 0 fully saturated rings. The van der Waals surface area contributed by atoms with Gasteiger partial charge in [0.2, 0.25) is 0 Å². The number of carbonyl (C=O) groups is 1. The van der Waals surface area contributed by atoms with Crippen LogP contribution >= 0.6 is 7.82 Å². The van der Waals surface area contributed by atoms with Crippen molar-refractivity contribution in [3.05, 3.63) is 55.1 Å². The minimum atomic E-state index is -3.95. The highest BCUT2D eigenvalue weighted by atomic mass is 31.2. The molecule has 0 heterocycles. The number of ether oxygens (including phenoxy) is 2. The molecule has 0 aromatic heterocycles. The Labute approximate surface area is 154 Å². The minimum absolute atomic E-state index is 0.0496. The zero-order valence-corrected chi connectivity index (χ0v) is 16.0. The lowest BCUT2D eigenvalue weighted by Crippen LogP contribution is -2.25. The van der Waals surface area contributed by atoms with Crippen molar-refractivity contribution in [1.82, 2.24) is 0 Å². The minimum Gasteiger partial charge on any atom is -0.497 e. The lowest BCUT2D eigenvalue weighted by Gasteiger charge is -2.21. The second-order valence-corrected chi connectivity index (χ2v) is 6.70. The Balaban J connectivity index is 2.67. The molecule has 0 saturated heterocycles. The van der Waals surface area contributed by atoms with Crippen LogP contribution in [0.2, 0.25) is 0 Å². The number of carbonyl (C=O) groups excluding carboxylic acids is 1. The Bertz CT molecular complexity index is 611. The molecule has 7 nitrogen and oxygen atoms in total. The normalized spacial score (nSPS) is 12.2. The lowest BCUT2D eigenvalue weighted by atomic mass is 10.2. The monoisotopic (exact) mass is 384 g/mol. The number of benzene rings is 1. The zero-order valence-electron chi connectivity index (χ0n) is 15.1. The first kappa shape index (κ1) is 22.1. The van der Waals surface area contributed by atoms with Crippen molar-refractivity contribution in [2.45, 2.75) is 26.1 Å². The quantitative estimate of drug-likeness (QED) is 0.288. The number of phosphoric ester groups is 1. The standard InChI is InChI=1S/C18H25O7P/c1-5-12-23-26(20,24-13-6-2)25-17(7-3)18(19)22-14-15-8-10-16(21-4)11-9-15/h5-6,8-11,17H,1-2,7,12-14H2,3-4H3. The molecule has 1 aromatic carbocycles. The van der Waals surface area contributed by atoms with Crippen LogP contribution in [0, 0.1) is 0 Å². The van der Waals surface area contributed by atoms with Crippen molar-refractivity contribution in [2.24, 2.45) is 0 Å². The highest BCUT2D eigenvalue weighted by Crippen LogP contribution is 2.51. The topological polar surface area (TPSA) is 80.3 Å². The number of esters is 1. The van der Waals surface area contributed by atoms with Gasteiger partial charge in [0.05, 0.1) is 20.3 Å². The van der Waals surface area contributed by atoms with E-state index in [0.29, 0.717) is 5.75 Å². The number of phosphoric acid groups is 1. The molecule has 1 atom stereocenters. The lowest BCUT2D eigenvalue weighted by molar-refractivity contribution is -0.154. The van der Waals surface area contributed by atoms with Crippen molar-refractivity contribution >= 4 is 13.8 Å². The predicted molar refractivity (Wildman–Crippen MR) is 97.9 cm³/mol. The third kappa shape index (κ3) is 7.54. The molecule has 0 N–H and O–H groups in total. The van der Waals surface area contributed by atoms with E-state index < -0.39 is 19.9 Å². The SMILES string of the molecule is C=CCOP(=O)(OCC=C)OC(CC)C(=O)OCc1ccc(OC)cc1. The maximum absolute atomic E-state index is 12.6. The van der Waals surface area contributed by atoms with Crippen molar-refractivity contribution in [3.63, 3.8) is 0 Å². The van der Waals surface area contributed by atoms with Crippen molar-refractivity contribution in [3.8, 4) is 5.75 Å². The Hall–Kier alpha value is -1.92. The van der Waals surface area contributed by atoms with Gasteiger partial charge in [-0.3, -0.25) is 13.6 Å². The molecule has 0 aliphatic rings. The highest BCUT2D eigenvalue weighted by molar-refractivity contribution is 7.48. The molecule has 1 rings (SSSR count). The maximum Gasteiger partial charge on any atom is 0.476 e. The van der Waals surface area contributed by atoms with Crippen LogP contribution in [0.4, 0.5) is 0 Å². The van der Waals surface area contributed by atoms with Gasteiger partial charge in [-0.1, -0.05) is 31.2 Å². The molecule has 0 spiro atoms. The smallest absolute Gasteiger partial charge is 0.476 e. The second kappa shape index (κ2) is 11.6. The third-order valence-corrected chi connectivity index (χ3v) is 4.57. The van der Waals surface area contributed by atoms with Crippen molar-refractivity contribution in [1.29, 1.82) is 0 Å². The molecule has 144 valence electrons. The van der Waals surface area contributed by atoms with Crippen LogP contribution in [-0.4, -0.2) is 32.4 Å². The fourth-order valence-electron chi connectivity index (χ4n) is 1.80. The van der Waals surface area contributed by atoms with Crippen LogP contribution in [0.25, 0.3) is 0 Å². The molecule has 0 amide bonds. The number of hydrogen-bond acceptors (Lipinski definition) is 7. The summed E-state index contributed by atoms with van der Waals surface area (Å²) < 4.78 is 38.3. The van der Waals surface area contributed by atoms with Gasteiger partial charge in [-0.2, -0.15) is 0 Å². The Morgan fingerprint density at radius 3 is 2.19 bits per heavy atom. The van der Waals surface area contributed by atoms with E-state index in [0.717, 1.165) is 5.56 Å². The first-order valence-electron chi connectivity index (χ1n) is 8.06. The van der Waals surface area contributed by atoms with E-state index in [1.165, 1.54) is 12.2 Å². The fraction of sp³-hybridized carbons (Fsp3) is 0.389. The molecule has 0 aliphatic carbocycles. The molecule has 0 saturated carbocycles. The molecule has 8 heteroatoms. The number of rotatable bonds is 13. The molecule has 1 aromatic rings. The van der Waals surface area contributed by atoms with Gasteiger partial charge < -0.3 is 9.47 Å². The van der Waals surface area contributed by atoms with E-state index in [4.69, 9.17) is 23.0 Å². The van der Waals surface area contributed by atoms with E-state index in [1.807, 2.05) is 0 Å². The summed E-state index contributed by atoms with van der Waals surface area (Å²) in [6, 6.07) is 7.08. The summed E-state index contributed by atoms with van der Waals surface area (Å²) in [7, 11) is -2.38. The van der Waals surface area contributed by atoms with Gasteiger partial charge >= 0.3 is 13.8 Å². The van der Waals surface area contributed by atoms with Crippen molar-refractivity contribution in [2.75, 3.05) is 20.3 Å². The van der Waals surface area contributed by atoms with Crippen LogP contribution in [0.15, 0.2) is 49.6 Å². The maximum atomic E-state index is 12.6. The molecule has 26 heavy (non-hydrogen) atoms. The van der Waals surface area contributed by atoms with Gasteiger partial charge in [0.1, 0.15) is 12.4 Å². The molecule has 1 unspecified atom stereocenters. The van der Waals surface area contributed by atoms with E-state index >= 15 is 0 Å². The van der Waals surface area contributed by atoms with Crippen LogP contribution in [0.1, 0.15) is 18.9 Å². The van der Waals surface area contributed by atoms with Crippen LogP contribution in [0.5, 0.6) is 5.75 Å². The Kier molecular flexibility index (Phi) is 9.91. The summed E-state index contributed by atoms with van der Waals surface area (Å²) in [6.07, 6.45) is 1.95. The number of hydrogen-bond donors (Lipinski definition) is 0. The van der Waals surface area contributed by atoms with Gasteiger partial charge in [0, 0.05) is 0 Å². The summed E-state index contributed by atoms with van der Waals surface area (Å²) in [5.41, 5.74) is 0.781. The molecule has 0 radical (unpaired) electrons. The average molecular weight is 384 g/mol. The first-order chi connectivity index (χ1) is 12.5. The highest BCUT2D eigenvalue weighted by Gasteiger charge is 2.34. The third-order valence-electron chi connectivity index (χ3n) is 3.13. The summed E-state index contributed by atoms with van der Waals surface area (Å²) in [4.78, 5) is 12.3. The fourth-order valence-corrected chi connectivity index (χ4v) is 3.11. The summed E-state index contributed by atoms with van der Waals surface area (Å²) in [6.45, 7) is 8.60. The summed E-state index contributed by atoms with van der Waals surface area (Å²) in [5.74, 6) is 0.0440. The van der Waals surface area contributed by atoms with Gasteiger partial charge in [-0.05, 0) is 24.1 Å². The van der Waals surface area contributed by atoms with Gasteiger partial charge in [-0.15, -0.1) is 13.2 Å². The Morgan fingerprint density at radius 1 is 1.15 bits per heavy atom. The van der Waals surface area contributed by atoms with Gasteiger partial charge in [0.15, 0.2) is 6.10 Å². The van der Waals surface area contributed by atoms with Crippen molar-refractivity contribution < 1.29 is 32.4 Å². The van der Waals surface area contributed by atoms with Gasteiger partial charge in [0.25, 0.3) is 0 Å². The molecular formula is C18H25O7P. The largest absolute Gasteiger partial charge is 0.497 e. The average Bonchev–Trinajstić information content (AvgIpc) is 2.67. The second-order valence-electron chi connectivity index (χ2n) is 5.07. The van der Waals surface area contributed by atoms with E-state index in [2.05, 4.69) is 13.2 Å². The Morgan fingerprint density at radius 2 is 1.73 bits per heavy atom. The van der Waals surface area contributed by atoms with E-state index in [9.17, 15) is 9.36 Å². The summed E-state index contributed by atoms with van der Waals surface area (Å²) in [5, 5.41) is 0.